The molecule has 0 saturated heterocycles. The first kappa shape index (κ1) is 16.9. The highest BCUT2D eigenvalue weighted by atomic mass is 32.2. The van der Waals surface area contributed by atoms with Gasteiger partial charge in [0.05, 0.1) is 6.10 Å². The third kappa shape index (κ3) is 4.06. The van der Waals surface area contributed by atoms with E-state index in [0.29, 0.717) is 16.7 Å². The van der Waals surface area contributed by atoms with E-state index in [4.69, 9.17) is 9.26 Å². The lowest BCUT2D eigenvalue weighted by Gasteiger charge is -2.29. The lowest BCUT2D eigenvalue weighted by molar-refractivity contribution is 0.0212. The molecule has 1 aromatic heterocycles. The van der Waals surface area contributed by atoms with Crippen LogP contribution < -0.4 is 4.72 Å². The van der Waals surface area contributed by atoms with Crippen LogP contribution in [0.1, 0.15) is 26.5 Å². The molecule has 2 aromatic rings. The molecule has 0 spiro atoms. The SMILES string of the molecule is CO[C@H](CNS(=O)(=O)Cc1noc2ccccc12)C(C)(C)C. The first-order valence-corrected chi connectivity index (χ1v) is 8.71. The molecule has 0 bridgehead atoms. The zero-order valence-electron chi connectivity index (χ0n) is 13.3. The smallest absolute Gasteiger partial charge is 0.217 e. The fourth-order valence-corrected chi connectivity index (χ4v) is 3.29. The average molecular weight is 326 g/mol. The van der Waals surface area contributed by atoms with Crippen LogP contribution in [0.2, 0.25) is 0 Å². The largest absolute Gasteiger partial charge is 0.380 e. The van der Waals surface area contributed by atoms with Gasteiger partial charge in [-0.25, -0.2) is 13.1 Å². The lowest BCUT2D eigenvalue weighted by Crippen LogP contribution is -2.40. The van der Waals surface area contributed by atoms with Crippen molar-refractivity contribution in [3.05, 3.63) is 30.0 Å². The maximum atomic E-state index is 12.2. The van der Waals surface area contributed by atoms with Gasteiger partial charge in [0.15, 0.2) is 5.58 Å². The summed E-state index contributed by atoms with van der Waals surface area (Å²) in [7, 11) is -1.94. The predicted molar refractivity (Wildman–Crippen MR) is 84.9 cm³/mol. The topological polar surface area (TPSA) is 81.4 Å². The van der Waals surface area contributed by atoms with Crippen LogP contribution in [-0.2, 0) is 20.5 Å². The minimum Gasteiger partial charge on any atom is -0.380 e. The Labute approximate surface area is 130 Å². The molecular formula is C15H22N2O4S. The first-order valence-electron chi connectivity index (χ1n) is 7.06. The average Bonchev–Trinajstić information content (AvgIpc) is 2.81. The number of aromatic nitrogens is 1. The number of ether oxygens (including phenoxy) is 1. The summed E-state index contributed by atoms with van der Waals surface area (Å²) in [5.74, 6) is -0.218. The van der Waals surface area contributed by atoms with E-state index >= 15 is 0 Å². The standard InChI is InChI=1S/C15H22N2O4S/c1-15(2,3)14(20-4)9-16-22(18,19)10-12-11-7-5-6-8-13(11)21-17-12/h5-8,14,16H,9-10H2,1-4H3/t14-/m1/s1. The predicted octanol–water partition coefficient (Wildman–Crippen LogP) is 2.31. The molecule has 2 rings (SSSR count). The Morgan fingerprint density at radius 3 is 2.64 bits per heavy atom. The molecule has 0 aliphatic carbocycles. The van der Waals surface area contributed by atoms with Gasteiger partial charge in [0.25, 0.3) is 0 Å². The highest BCUT2D eigenvalue weighted by Crippen LogP contribution is 2.22. The third-order valence-corrected chi connectivity index (χ3v) is 4.78. The minimum absolute atomic E-state index is 0.155. The molecule has 0 unspecified atom stereocenters. The van der Waals surface area contributed by atoms with Crippen molar-refractivity contribution in [1.82, 2.24) is 9.88 Å². The second kappa shape index (κ2) is 6.36. The molecule has 0 fully saturated rings. The summed E-state index contributed by atoms with van der Waals surface area (Å²) in [5.41, 5.74) is 0.836. The van der Waals surface area contributed by atoms with Gasteiger partial charge in [0.2, 0.25) is 10.0 Å². The summed E-state index contributed by atoms with van der Waals surface area (Å²) in [6.07, 6.45) is -0.212. The van der Waals surface area contributed by atoms with E-state index in [0.717, 1.165) is 0 Å². The Hall–Kier alpha value is -1.44. The number of methoxy groups -OCH3 is 1. The van der Waals surface area contributed by atoms with E-state index in [9.17, 15) is 8.42 Å². The van der Waals surface area contributed by atoms with Gasteiger partial charge >= 0.3 is 0 Å². The van der Waals surface area contributed by atoms with Gasteiger partial charge in [-0.3, -0.25) is 0 Å². The second-order valence-electron chi connectivity index (χ2n) is 6.32. The van der Waals surface area contributed by atoms with E-state index in [1.807, 2.05) is 32.9 Å². The van der Waals surface area contributed by atoms with Crippen LogP contribution in [-0.4, -0.2) is 33.3 Å². The fraction of sp³-hybridized carbons (Fsp3) is 0.533. The van der Waals surface area contributed by atoms with Gasteiger partial charge in [-0.05, 0) is 17.5 Å². The van der Waals surface area contributed by atoms with Crippen molar-refractivity contribution in [3.63, 3.8) is 0 Å². The van der Waals surface area contributed by atoms with Crippen molar-refractivity contribution >= 4 is 21.0 Å². The summed E-state index contributed by atoms with van der Waals surface area (Å²) in [6, 6.07) is 7.19. The summed E-state index contributed by atoms with van der Waals surface area (Å²) >= 11 is 0. The second-order valence-corrected chi connectivity index (χ2v) is 8.13. The summed E-state index contributed by atoms with van der Waals surface area (Å²) in [6.45, 7) is 6.22. The molecule has 1 heterocycles. The number of fused-ring (bicyclic) bond motifs is 1. The normalized spacial score (nSPS) is 14.4. The molecule has 1 atom stereocenters. The van der Waals surface area contributed by atoms with Crippen molar-refractivity contribution in [2.75, 3.05) is 13.7 Å². The molecule has 7 heteroatoms. The molecule has 6 nitrogen and oxygen atoms in total. The van der Waals surface area contributed by atoms with Gasteiger partial charge < -0.3 is 9.26 Å². The van der Waals surface area contributed by atoms with E-state index in [2.05, 4.69) is 9.88 Å². The highest BCUT2D eigenvalue weighted by molar-refractivity contribution is 7.88. The molecular weight excluding hydrogens is 304 g/mol. The van der Waals surface area contributed by atoms with E-state index in [-0.39, 0.29) is 23.8 Å². The quantitative estimate of drug-likeness (QED) is 0.881. The summed E-state index contributed by atoms with van der Waals surface area (Å²) in [5, 5.41) is 4.57. The molecule has 22 heavy (non-hydrogen) atoms. The zero-order chi connectivity index (χ0) is 16.4. The lowest BCUT2D eigenvalue weighted by atomic mass is 9.89. The number of rotatable bonds is 6. The molecule has 0 saturated carbocycles. The Morgan fingerprint density at radius 1 is 1.32 bits per heavy atom. The molecule has 0 aliphatic heterocycles. The van der Waals surface area contributed by atoms with Gasteiger partial charge in [-0.2, -0.15) is 0 Å². The fourth-order valence-electron chi connectivity index (χ4n) is 2.22. The molecule has 1 aromatic carbocycles. The number of nitrogens with zero attached hydrogens (tertiary/aromatic N) is 1. The molecule has 0 aliphatic rings. The Kier molecular flexibility index (Phi) is 4.89. The maximum Gasteiger partial charge on any atom is 0.217 e. The van der Waals surface area contributed by atoms with Crippen LogP contribution in [0, 0.1) is 5.41 Å². The molecule has 122 valence electrons. The van der Waals surface area contributed by atoms with Crippen LogP contribution in [0.4, 0.5) is 0 Å². The van der Waals surface area contributed by atoms with E-state index in [1.165, 1.54) is 0 Å². The maximum absolute atomic E-state index is 12.2. The number of benzene rings is 1. The molecule has 1 N–H and O–H groups in total. The summed E-state index contributed by atoms with van der Waals surface area (Å²) < 4.78 is 37.5. The van der Waals surface area contributed by atoms with Gasteiger partial charge in [0.1, 0.15) is 11.4 Å². The van der Waals surface area contributed by atoms with Gasteiger partial charge in [0, 0.05) is 19.0 Å². The third-order valence-electron chi connectivity index (χ3n) is 3.52. The van der Waals surface area contributed by atoms with Crippen LogP contribution in [0.5, 0.6) is 0 Å². The van der Waals surface area contributed by atoms with Crippen LogP contribution in [0.15, 0.2) is 28.8 Å². The van der Waals surface area contributed by atoms with Gasteiger partial charge in [-0.1, -0.05) is 38.1 Å². The van der Waals surface area contributed by atoms with Crippen molar-refractivity contribution in [3.8, 4) is 0 Å². The zero-order valence-corrected chi connectivity index (χ0v) is 14.1. The van der Waals surface area contributed by atoms with Crippen LogP contribution in [0.25, 0.3) is 11.0 Å². The van der Waals surface area contributed by atoms with Crippen molar-refractivity contribution < 1.29 is 17.7 Å². The molecule has 0 amide bonds. The Balaban J connectivity index is 2.08. The first-order chi connectivity index (χ1) is 10.2. The highest BCUT2D eigenvalue weighted by Gasteiger charge is 2.26. The van der Waals surface area contributed by atoms with Gasteiger partial charge in [-0.15, -0.1) is 0 Å². The number of hydrogen-bond acceptors (Lipinski definition) is 5. The van der Waals surface area contributed by atoms with Crippen LogP contribution in [0.3, 0.4) is 0 Å². The van der Waals surface area contributed by atoms with Crippen LogP contribution >= 0.6 is 0 Å². The monoisotopic (exact) mass is 326 g/mol. The number of nitrogens with one attached hydrogen (secondary N) is 1. The van der Waals surface area contributed by atoms with Crippen molar-refractivity contribution in [2.24, 2.45) is 5.41 Å². The van der Waals surface area contributed by atoms with E-state index in [1.54, 1.807) is 19.2 Å². The van der Waals surface area contributed by atoms with Crippen molar-refractivity contribution in [2.45, 2.75) is 32.6 Å². The summed E-state index contributed by atoms with van der Waals surface area (Å²) in [4.78, 5) is 0. The number of hydrogen-bond donors (Lipinski definition) is 1. The number of para-hydroxylation sites is 1. The van der Waals surface area contributed by atoms with E-state index < -0.39 is 10.0 Å². The Bertz CT molecular complexity index is 731. The molecule has 0 radical (unpaired) electrons. The number of sulfonamides is 1. The minimum atomic E-state index is -3.51. The Morgan fingerprint density at radius 2 is 2.00 bits per heavy atom. The van der Waals surface area contributed by atoms with Crippen molar-refractivity contribution in [1.29, 1.82) is 0 Å².